The van der Waals surface area contributed by atoms with Crippen molar-refractivity contribution >= 4 is 23.3 Å². The van der Waals surface area contributed by atoms with Gasteiger partial charge in [-0.2, -0.15) is 0 Å². The normalized spacial score (nSPS) is 19.7. The van der Waals surface area contributed by atoms with Crippen LogP contribution in [0.4, 0.5) is 5.69 Å². The average molecular weight is 293 g/mol. The van der Waals surface area contributed by atoms with Gasteiger partial charge in [0.2, 0.25) is 0 Å². The molecule has 0 saturated heterocycles. The van der Waals surface area contributed by atoms with E-state index in [0.29, 0.717) is 12.5 Å². The zero-order valence-electron chi connectivity index (χ0n) is 12.7. The van der Waals surface area contributed by atoms with Crippen LogP contribution in [-0.4, -0.2) is 19.2 Å². The quantitative estimate of drug-likeness (QED) is 0.921. The van der Waals surface area contributed by atoms with Gasteiger partial charge in [0.05, 0.1) is 19.3 Å². The molecule has 1 aliphatic carbocycles. The number of allylic oxidation sites excluding steroid dienone is 3. The summed E-state index contributed by atoms with van der Waals surface area (Å²) in [6.07, 6.45) is 11.4. The molecule has 1 saturated carbocycles. The lowest BCUT2D eigenvalue weighted by Gasteiger charge is -2.23. The molecule has 0 unspecified atom stereocenters. The first-order valence-corrected chi connectivity index (χ1v) is 7.77. The van der Waals surface area contributed by atoms with Crippen molar-refractivity contribution in [1.82, 2.24) is 0 Å². The molecule has 0 bridgehead atoms. The Morgan fingerprint density at radius 3 is 3.00 bits per heavy atom. The van der Waals surface area contributed by atoms with Crippen LogP contribution in [0, 0.1) is 5.92 Å². The van der Waals surface area contributed by atoms with Crippen molar-refractivity contribution in [3.63, 3.8) is 0 Å². The molecular formula is C18H19N3O. The Hall–Kier alpha value is -2.36. The molecule has 0 spiro atoms. The van der Waals surface area contributed by atoms with Gasteiger partial charge < -0.3 is 10.1 Å². The van der Waals surface area contributed by atoms with Gasteiger partial charge in [-0.05, 0) is 36.5 Å². The fraction of sp³-hybridized carbons (Fsp3) is 0.333. The Bertz CT molecular complexity index is 724. The minimum absolute atomic E-state index is 0.615. The van der Waals surface area contributed by atoms with Gasteiger partial charge in [-0.15, -0.1) is 0 Å². The molecule has 4 rings (SSSR count). The maximum atomic E-state index is 5.55. The third kappa shape index (κ3) is 2.34. The van der Waals surface area contributed by atoms with Crippen LogP contribution in [0.5, 0.6) is 5.75 Å². The Balaban J connectivity index is 1.77. The summed E-state index contributed by atoms with van der Waals surface area (Å²) in [5, 5.41) is 3.51. The van der Waals surface area contributed by atoms with Crippen molar-refractivity contribution in [2.45, 2.75) is 25.8 Å². The minimum Gasteiger partial charge on any atom is -0.495 e. The lowest BCUT2D eigenvalue weighted by molar-refractivity contribution is 0.416. The van der Waals surface area contributed by atoms with Crippen LogP contribution < -0.4 is 10.1 Å². The number of amidine groups is 1. The van der Waals surface area contributed by atoms with Crippen molar-refractivity contribution in [3.8, 4) is 5.75 Å². The number of hydrogen-bond donors (Lipinski definition) is 1. The molecule has 4 heteroatoms. The first-order chi connectivity index (χ1) is 10.9. The smallest absolute Gasteiger partial charge is 0.142 e. The van der Waals surface area contributed by atoms with E-state index in [-0.39, 0.29) is 0 Å². The molecule has 1 fully saturated rings. The SMILES string of the molecule is COc1ccc(C2=CCC=CN=C2)c2c1NC(C1CC1)=NC2. The topological polar surface area (TPSA) is 46.0 Å². The molecule has 0 amide bonds. The highest BCUT2D eigenvalue weighted by Crippen LogP contribution is 2.40. The minimum atomic E-state index is 0.615. The van der Waals surface area contributed by atoms with E-state index in [1.807, 2.05) is 18.5 Å². The number of methoxy groups -OCH3 is 1. The Kier molecular flexibility index (Phi) is 3.29. The van der Waals surface area contributed by atoms with E-state index in [4.69, 9.17) is 9.73 Å². The highest BCUT2D eigenvalue weighted by Gasteiger charge is 2.31. The van der Waals surface area contributed by atoms with E-state index in [1.165, 1.54) is 24.0 Å². The fourth-order valence-electron chi connectivity index (χ4n) is 2.96. The number of aliphatic imine (C=N–C) groups is 2. The van der Waals surface area contributed by atoms with Crippen LogP contribution in [0.1, 0.15) is 30.4 Å². The van der Waals surface area contributed by atoms with Gasteiger partial charge in [-0.1, -0.05) is 18.2 Å². The molecule has 1 aromatic rings. The van der Waals surface area contributed by atoms with Gasteiger partial charge in [0.1, 0.15) is 11.6 Å². The summed E-state index contributed by atoms with van der Waals surface area (Å²) in [6.45, 7) is 0.708. The number of anilines is 1. The molecule has 0 aromatic heterocycles. The number of ether oxygens (including phenoxy) is 1. The van der Waals surface area contributed by atoms with Gasteiger partial charge in [0.15, 0.2) is 0 Å². The van der Waals surface area contributed by atoms with Crippen molar-refractivity contribution in [3.05, 3.63) is 41.6 Å². The maximum Gasteiger partial charge on any atom is 0.142 e. The molecular weight excluding hydrogens is 274 g/mol. The molecule has 112 valence electrons. The zero-order valence-corrected chi connectivity index (χ0v) is 12.7. The highest BCUT2D eigenvalue weighted by molar-refractivity contribution is 6.12. The van der Waals surface area contributed by atoms with Crippen molar-refractivity contribution in [2.75, 3.05) is 12.4 Å². The molecule has 22 heavy (non-hydrogen) atoms. The number of benzene rings is 1. The van der Waals surface area contributed by atoms with E-state index in [0.717, 1.165) is 29.3 Å². The van der Waals surface area contributed by atoms with E-state index in [2.05, 4.69) is 28.5 Å². The summed E-state index contributed by atoms with van der Waals surface area (Å²) in [5.41, 5.74) is 4.61. The lowest BCUT2D eigenvalue weighted by Crippen LogP contribution is -2.21. The summed E-state index contributed by atoms with van der Waals surface area (Å²) in [5.74, 6) is 2.62. The van der Waals surface area contributed by atoms with Crippen molar-refractivity contribution in [1.29, 1.82) is 0 Å². The second-order valence-electron chi connectivity index (χ2n) is 5.83. The van der Waals surface area contributed by atoms with Crippen LogP contribution in [-0.2, 0) is 6.54 Å². The van der Waals surface area contributed by atoms with Crippen molar-refractivity contribution < 1.29 is 4.74 Å². The lowest BCUT2D eigenvalue weighted by atomic mass is 9.96. The van der Waals surface area contributed by atoms with Gasteiger partial charge in [0.25, 0.3) is 0 Å². The Morgan fingerprint density at radius 1 is 1.27 bits per heavy atom. The molecule has 3 aliphatic rings. The summed E-state index contributed by atoms with van der Waals surface area (Å²) < 4.78 is 5.55. The summed E-state index contributed by atoms with van der Waals surface area (Å²) in [6, 6.07) is 4.14. The third-order valence-corrected chi connectivity index (χ3v) is 4.31. The summed E-state index contributed by atoms with van der Waals surface area (Å²) in [4.78, 5) is 9.06. The first-order valence-electron chi connectivity index (χ1n) is 7.77. The maximum absolute atomic E-state index is 5.55. The molecule has 1 N–H and O–H groups in total. The Labute approximate surface area is 130 Å². The number of rotatable bonds is 3. The zero-order chi connectivity index (χ0) is 14.9. The van der Waals surface area contributed by atoms with E-state index in [1.54, 1.807) is 7.11 Å². The van der Waals surface area contributed by atoms with Crippen LogP contribution in [0.2, 0.25) is 0 Å². The molecule has 2 aliphatic heterocycles. The molecule has 4 nitrogen and oxygen atoms in total. The van der Waals surface area contributed by atoms with Gasteiger partial charge in [-0.3, -0.25) is 9.98 Å². The van der Waals surface area contributed by atoms with Crippen LogP contribution in [0.15, 0.2) is 40.5 Å². The standard InChI is InChI=1S/C18H19N3O/c1-22-16-8-7-14(13-4-2-3-9-19-10-13)15-11-20-18(12-5-6-12)21-17(15)16/h3-4,7-10,12H,2,5-6,11H2,1H3,(H,20,21). The molecule has 0 atom stereocenters. The van der Waals surface area contributed by atoms with Gasteiger partial charge in [0, 0.05) is 23.9 Å². The second kappa shape index (κ2) is 5.44. The van der Waals surface area contributed by atoms with Crippen LogP contribution in [0.25, 0.3) is 5.57 Å². The van der Waals surface area contributed by atoms with E-state index in [9.17, 15) is 0 Å². The second-order valence-corrected chi connectivity index (χ2v) is 5.83. The summed E-state index contributed by atoms with van der Waals surface area (Å²) in [7, 11) is 1.72. The predicted molar refractivity (Wildman–Crippen MR) is 90.7 cm³/mol. The molecule has 1 aromatic carbocycles. The van der Waals surface area contributed by atoms with Crippen molar-refractivity contribution in [2.24, 2.45) is 15.9 Å². The molecule has 2 heterocycles. The third-order valence-electron chi connectivity index (χ3n) is 4.31. The van der Waals surface area contributed by atoms with Crippen LogP contribution >= 0.6 is 0 Å². The number of hydrogen-bond acceptors (Lipinski definition) is 4. The predicted octanol–water partition coefficient (Wildman–Crippen LogP) is 3.80. The average Bonchev–Trinajstić information content (AvgIpc) is 3.40. The largest absolute Gasteiger partial charge is 0.495 e. The van der Waals surface area contributed by atoms with E-state index < -0.39 is 0 Å². The van der Waals surface area contributed by atoms with E-state index >= 15 is 0 Å². The van der Waals surface area contributed by atoms with Gasteiger partial charge >= 0.3 is 0 Å². The van der Waals surface area contributed by atoms with Crippen LogP contribution in [0.3, 0.4) is 0 Å². The molecule has 0 radical (unpaired) electrons. The number of nitrogens with zero attached hydrogens (tertiary/aromatic N) is 2. The summed E-state index contributed by atoms with van der Waals surface area (Å²) >= 11 is 0. The number of fused-ring (bicyclic) bond motifs is 1. The number of nitrogens with one attached hydrogen (secondary N) is 1. The first kappa shape index (κ1) is 13.3. The monoisotopic (exact) mass is 293 g/mol. The van der Waals surface area contributed by atoms with Gasteiger partial charge in [-0.25, -0.2) is 0 Å². The highest BCUT2D eigenvalue weighted by atomic mass is 16.5. The fourth-order valence-corrected chi connectivity index (χ4v) is 2.96. The Morgan fingerprint density at radius 2 is 2.18 bits per heavy atom.